The molecule has 2 N–H and O–H groups in total. The first-order chi connectivity index (χ1) is 22.9. The van der Waals surface area contributed by atoms with Crippen molar-refractivity contribution in [2.45, 2.75) is 45.8 Å². The van der Waals surface area contributed by atoms with Gasteiger partial charge < -0.3 is 34.4 Å². The molecule has 48 heavy (non-hydrogen) atoms. The maximum atomic E-state index is 14.6. The summed E-state index contributed by atoms with van der Waals surface area (Å²) in [6.07, 6.45) is 0.301. The molecule has 0 aliphatic carbocycles. The van der Waals surface area contributed by atoms with Gasteiger partial charge in [-0.25, -0.2) is 4.79 Å². The predicted octanol–water partition coefficient (Wildman–Crippen LogP) is 5.54. The van der Waals surface area contributed by atoms with E-state index in [1.807, 2.05) is 72.8 Å². The van der Waals surface area contributed by atoms with Crippen LogP contribution in [-0.2, 0) is 33.0 Å². The van der Waals surface area contributed by atoms with Crippen molar-refractivity contribution in [3.63, 3.8) is 0 Å². The topological polar surface area (TPSA) is 110 Å². The third-order valence-electron chi connectivity index (χ3n) is 9.84. The van der Waals surface area contributed by atoms with E-state index >= 15 is 0 Å². The number of likely N-dealkylation sites (N-methyl/N-ethyl adjacent to an activating group) is 1. The second-order valence-corrected chi connectivity index (χ2v) is 13.2. The quantitative estimate of drug-likeness (QED) is 0.272. The molecule has 0 fully saturated rings. The zero-order valence-corrected chi connectivity index (χ0v) is 28.2. The first-order valence-electron chi connectivity index (χ1n) is 16.4. The van der Waals surface area contributed by atoms with Crippen LogP contribution in [0.2, 0.25) is 0 Å². The van der Waals surface area contributed by atoms with Gasteiger partial charge in [-0.15, -0.1) is 0 Å². The lowest BCUT2D eigenvalue weighted by Gasteiger charge is -2.36. The van der Waals surface area contributed by atoms with Crippen LogP contribution in [0.15, 0.2) is 66.7 Å². The van der Waals surface area contributed by atoms with E-state index in [0.717, 1.165) is 40.1 Å². The highest BCUT2D eigenvalue weighted by atomic mass is 16.4. The summed E-state index contributed by atoms with van der Waals surface area (Å²) in [4.78, 5) is 47.8. The Labute approximate surface area is 281 Å². The summed E-state index contributed by atoms with van der Waals surface area (Å²) >= 11 is 0. The van der Waals surface area contributed by atoms with Crippen LogP contribution in [0.5, 0.6) is 5.75 Å². The van der Waals surface area contributed by atoms with Crippen LogP contribution in [0, 0.1) is 6.92 Å². The summed E-state index contributed by atoms with van der Waals surface area (Å²) in [5.74, 6) is -0.170. The Balaban J connectivity index is 1.44. The summed E-state index contributed by atoms with van der Waals surface area (Å²) in [5, 5.41) is 19.6. The highest BCUT2D eigenvalue weighted by Gasteiger charge is 2.32. The minimum Gasteiger partial charge on any atom is -0.508 e. The van der Waals surface area contributed by atoms with E-state index in [4.69, 9.17) is 0 Å². The van der Waals surface area contributed by atoms with Gasteiger partial charge in [-0.3, -0.25) is 9.59 Å². The molecule has 250 valence electrons. The fraction of sp³-hybridized carbons (Fsp3) is 0.342. The van der Waals surface area contributed by atoms with Gasteiger partial charge in [0.2, 0.25) is 0 Å². The lowest BCUT2D eigenvalue weighted by Crippen LogP contribution is -2.43. The number of anilines is 1. The molecular formula is C38H43N5O5. The predicted molar refractivity (Wildman–Crippen MR) is 186 cm³/mol. The molecule has 10 nitrogen and oxygen atoms in total. The van der Waals surface area contributed by atoms with Gasteiger partial charge in [-0.2, -0.15) is 0 Å². The maximum Gasteiger partial charge on any atom is 0.407 e. The van der Waals surface area contributed by atoms with Crippen LogP contribution >= 0.6 is 0 Å². The zero-order valence-electron chi connectivity index (χ0n) is 28.2. The number of benzene rings is 3. The number of carbonyl (C=O) groups excluding carboxylic acids is 2. The molecular weight excluding hydrogens is 606 g/mol. The first kappa shape index (κ1) is 32.8. The van der Waals surface area contributed by atoms with Gasteiger partial charge in [0.15, 0.2) is 0 Å². The molecule has 3 amide bonds. The Morgan fingerprint density at radius 3 is 2.27 bits per heavy atom. The molecule has 10 heteroatoms. The lowest BCUT2D eigenvalue weighted by molar-refractivity contribution is 0.0658. The average molecular weight is 650 g/mol. The largest absolute Gasteiger partial charge is 0.508 e. The Morgan fingerprint density at radius 2 is 1.58 bits per heavy atom. The number of nitrogens with zero attached hydrogens (tertiary/aromatic N) is 5. The van der Waals surface area contributed by atoms with E-state index in [-0.39, 0.29) is 30.2 Å². The molecule has 3 heterocycles. The SMILES string of the molecule is Cc1c(C(=O)N(CCN(C)C)c2ccc(O)cc2)cc(-c2cc3c(cc2C(=O)N2Cc4ccccc4C[C@H]2C)CN(C(=O)O)CC3)n1C. The van der Waals surface area contributed by atoms with Crippen molar-refractivity contribution in [3.8, 4) is 17.0 Å². The standard InChI is InChI=1S/C38H43N5O5/c1-24-18-26-8-6-7-9-28(26)23-43(24)37(46)34-20-29-22-41(38(47)48)15-14-27(29)19-33(34)35-21-32(25(2)40(35)5)36(45)42(17-16-39(3)4)30-10-12-31(44)13-11-30/h6-13,19-21,24,44H,14-18,22-23H2,1-5H3,(H,47,48)/t24-/m1/s1. The monoisotopic (exact) mass is 649 g/mol. The molecule has 4 aromatic rings. The molecule has 0 unspecified atom stereocenters. The molecule has 0 bridgehead atoms. The summed E-state index contributed by atoms with van der Waals surface area (Å²) in [5.41, 5.74) is 8.11. The van der Waals surface area contributed by atoms with Gasteiger partial charge in [-0.1, -0.05) is 24.3 Å². The molecule has 2 aliphatic rings. The van der Waals surface area contributed by atoms with Crippen LogP contribution in [-0.4, -0.2) is 87.2 Å². The Bertz CT molecular complexity index is 1880. The normalized spacial score (nSPS) is 15.7. The van der Waals surface area contributed by atoms with Crippen LogP contribution < -0.4 is 4.90 Å². The summed E-state index contributed by atoms with van der Waals surface area (Å²) in [6, 6.07) is 20.6. The van der Waals surface area contributed by atoms with Gasteiger partial charge in [-0.05, 0) is 106 Å². The first-order valence-corrected chi connectivity index (χ1v) is 16.4. The molecule has 6 rings (SSSR count). The fourth-order valence-corrected chi connectivity index (χ4v) is 6.87. The Kier molecular flexibility index (Phi) is 9.03. The minimum atomic E-state index is -0.979. The van der Waals surface area contributed by atoms with Gasteiger partial charge in [0, 0.05) is 74.0 Å². The number of rotatable bonds is 7. The van der Waals surface area contributed by atoms with E-state index < -0.39 is 6.09 Å². The van der Waals surface area contributed by atoms with E-state index in [0.29, 0.717) is 49.4 Å². The third-order valence-corrected chi connectivity index (χ3v) is 9.84. The van der Waals surface area contributed by atoms with Crippen LogP contribution in [0.3, 0.4) is 0 Å². The molecule has 3 aromatic carbocycles. The molecule has 1 atom stereocenters. The minimum absolute atomic E-state index is 0.0327. The third kappa shape index (κ3) is 6.27. The summed E-state index contributed by atoms with van der Waals surface area (Å²) in [7, 11) is 5.82. The molecule has 0 spiro atoms. The number of aromatic nitrogens is 1. The Hall–Kier alpha value is -5.09. The number of carboxylic acid groups (broad SMARTS) is 1. The van der Waals surface area contributed by atoms with Crippen molar-refractivity contribution in [1.29, 1.82) is 0 Å². The number of amides is 3. The van der Waals surface area contributed by atoms with Crippen LogP contribution in [0.4, 0.5) is 10.5 Å². The lowest BCUT2D eigenvalue weighted by atomic mass is 9.90. The van der Waals surface area contributed by atoms with Crippen molar-refractivity contribution in [3.05, 3.63) is 106 Å². The number of hydrogen-bond donors (Lipinski definition) is 2. The zero-order chi connectivity index (χ0) is 34.3. The van der Waals surface area contributed by atoms with E-state index in [9.17, 15) is 24.6 Å². The van der Waals surface area contributed by atoms with Gasteiger partial charge >= 0.3 is 6.09 Å². The van der Waals surface area contributed by atoms with Crippen molar-refractivity contribution in [2.24, 2.45) is 7.05 Å². The summed E-state index contributed by atoms with van der Waals surface area (Å²) < 4.78 is 1.97. The number of phenols is 1. The van der Waals surface area contributed by atoms with Crippen molar-refractivity contribution in [1.82, 2.24) is 19.3 Å². The second kappa shape index (κ2) is 13.2. The average Bonchev–Trinajstić information content (AvgIpc) is 3.37. The highest BCUT2D eigenvalue weighted by molar-refractivity contribution is 6.08. The molecule has 0 saturated carbocycles. The highest BCUT2D eigenvalue weighted by Crippen LogP contribution is 2.36. The molecule has 2 aliphatic heterocycles. The second-order valence-electron chi connectivity index (χ2n) is 13.2. The van der Waals surface area contributed by atoms with E-state index in [2.05, 4.69) is 19.1 Å². The van der Waals surface area contributed by atoms with Crippen LogP contribution in [0.25, 0.3) is 11.3 Å². The van der Waals surface area contributed by atoms with Crippen LogP contribution in [0.1, 0.15) is 55.6 Å². The number of aromatic hydroxyl groups is 1. The number of carbonyl (C=O) groups is 3. The van der Waals surface area contributed by atoms with Crippen molar-refractivity contribution in [2.75, 3.05) is 38.6 Å². The molecule has 1 aromatic heterocycles. The summed E-state index contributed by atoms with van der Waals surface area (Å²) in [6.45, 7) is 6.12. The van der Waals surface area contributed by atoms with Gasteiger partial charge in [0.25, 0.3) is 11.8 Å². The van der Waals surface area contributed by atoms with E-state index in [1.165, 1.54) is 10.5 Å². The smallest absolute Gasteiger partial charge is 0.407 e. The maximum absolute atomic E-state index is 14.6. The Morgan fingerprint density at radius 1 is 0.875 bits per heavy atom. The van der Waals surface area contributed by atoms with Gasteiger partial charge in [0.1, 0.15) is 5.75 Å². The fourth-order valence-electron chi connectivity index (χ4n) is 6.87. The van der Waals surface area contributed by atoms with Crippen molar-refractivity contribution >= 4 is 23.6 Å². The number of fused-ring (bicyclic) bond motifs is 2. The van der Waals surface area contributed by atoms with Gasteiger partial charge in [0.05, 0.1) is 5.56 Å². The molecule has 0 radical (unpaired) electrons. The van der Waals surface area contributed by atoms with E-state index in [1.54, 1.807) is 29.2 Å². The number of hydrogen-bond acceptors (Lipinski definition) is 5. The van der Waals surface area contributed by atoms with Crippen molar-refractivity contribution < 1.29 is 24.6 Å². The number of phenolic OH excluding ortho intramolecular Hbond substituents is 1. The molecule has 0 saturated heterocycles.